The van der Waals surface area contributed by atoms with Crippen LogP contribution in [-0.4, -0.2) is 34.4 Å². The lowest BCUT2D eigenvalue weighted by Gasteiger charge is -2.28. The number of thiazole rings is 1. The van der Waals surface area contributed by atoms with Crippen molar-refractivity contribution in [1.29, 1.82) is 0 Å². The first kappa shape index (κ1) is 21.0. The molecule has 1 aromatic heterocycles. The number of anilines is 1. The number of aromatic nitrogens is 1. The topological polar surface area (TPSA) is 97.6 Å². The smallest absolute Gasteiger partial charge is 0.273 e. The van der Waals surface area contributed by atoms with Crippen LogP contribution in [0.15, 0.2) is 41.8 Å². The van der Waals surface area contributed by atoms with Gasteiger partial charge in [0, 0.05) is 42.2 Å². The molecule has 1 aliphatic rings. The van der Waals surface area contributed by atoms with Gasteiger partial charge in [-0.2, -0.15) is 0 Å². The monoisotopic (exact) mass is 438 g/mol. The third-order valence-corrected chi connectivity index (χ3v) is 6.14. The van der Waals surface area contributed by atoms with Gasteiger partial charge in [0.05, 0.1) is 17.7 Å². The highest BCUT2D eigenvalue weighted by Gasteiger charge is 2.19. The van der Waals surface area contributed by atoms with Gasteiger partial charge >= 0.3 is 0 Å². The Balaban J connectivity index is 1.39. The molecule has 1 aliphatic heterocycles. The van der Waals surface area contributed by atoms with Crippen molar-refractivity contribution >= 4 is 28.1 Å². The number of fused-ring (bicyclic) bond motifs is 1. The van der Waals surface area contributed by atoms with Gasteiger partial charge in [-0.1, -0.05) is 12.1 Å². The van der Waals surface area contributed by atoms with Gasteiger partial charge in [0.2, 0.25) is 0 Å². The summed E-state index contributed by atoms with van der Waals surface area (Å²) in [6, 6.07) is 10.6. The van der Waals surface area contributed by atoms with Gasteiger partial charge in [0.15, 0.2) is 5.13 Å². The van der Waals surface area contributed by atoms with Crippen molar-refractivity contribution in [3.05, 3.63) is 79.8 Å². The van der Waals surface area contributed by atoms with Crippen molar-refractivity contribution in [2.45, 2.75) is 26.4 Å². The van der Waals surface area contributed by atoms with Crippen molar-refractivity contribution in [2.24, 2.45) is 0 Å². The number of hydrogen-bond donors (Lipinski definition) is 1. The molecule has 2 aromatic carbocycles. The number of aryl methyl sites for hydroxylation is 1. The van der Waals surface area contributed by atoms with E-state index < -0.39 is 10.8 Å². The summed E-state index contributed by atoms with van der Waals surface area (Å²) < 4.78 is 5.30. The quantitative estimate of drug-likeness (QED) is 0.458. The Morgan fingerprint density at radius 3 is 2.90 bits per heavy atom. The first-order chi connectivity index (χ1) is 14.9. The number of nitro groups is 1. The molecule has 0 radical (unpaired) electrons. The van der Waals surface area contributed by atoms with Crippen LogP contribution >= 0.6 is 11.3 Å². The normalized spacial score (nSPS) is 13.5. The maximum absolute atomic E-state index is 12.5. The van der Waals surface area contributed by atoms with E-state index in [1.807, 2.05) is 11.4 Å². The second-order valence-electron chi connectivity index (χ2n) is 7.45. The molecule has 1 amide bonds. The number of methoxy groups -OCH3 is 1. The molecule has 9 heteroatoms. The standard InChI is InChI=1S/C22H22N4O4S/c1-14-3-4-16(10-20(14)26(28)29)21(27)24-22-23-18(13-31-22)12-25-8-7-15-9-19(30-2)6-5-17(15)11-25/h3-6,9-10,13H,7-8,11-12H2,1-2H3,(H,23,24,27). The summed E-state index contributed by atoms with van der Waals surface area (Å²) in [5.74, 6) is 0.468. The fraction of sp³-hybridized carbons (Fsp3) is 0.273. The average Bonchev–Trinajstić information content (AvgIpc) is 3.19. The first-order valence-electron chi connectivity index (χ1n) is 9.82. The summed E-state index contributed by atoms with van der Waals surface area (Å²) in [7, 11) is 1.68. The number of nitrogens with zero attached hydrogens (tertiary/aromatic N) is 3. The number of amides is 1. The van der Waals surface area contributed by atoms with E-state index in [-0.39, 0.29) is 11.3 Å². The first-order valence-corrected chi connectivity index (χ1v) is 10.7. The number of benzene rings is 2. The minimum atomic E-state index is -0.486. The zero-order valence-corrected chi connectivity index (χ0v) is 18.1. The van der Waals surface area contributed by atoms with Crippen molar-refractivity contribution < 1.29 is 14.5 Å². The molecule has 0 fully saturated rings. The molecule has 0 spiro atoms. The fourth-order valence-electron chi connectivity index (χ4n) is 3.63. The zero-order valence-electron chi connectivity index (χ0n) is 17.3. The van der Waals surface area contributed by atoms with Crippen LogP contribution in [0, 0.1) is 17.0 Å². The van der Waals surface area contributed by atoms with Gasteiger partial charge < -0.3 is 4.74 Å². The van der Waals surface area contributed by atoms with Crippen LogP contribution in [0.5, 0.6) is 5.75 Å². The number of hydrogen-bond acceptors (Lipinski definition) is 7. The van der Waals surface area contributed by atoms with Crippen molar-refractivity contribution in [3.8, 4) is 5.75 Å². The summed E-state index contributed by atoms with van der Waals surface area (Å²) in [5.41, 5.74) is 4.16. The Morgan fingerprint density at radius 1 is 1.29 bits per heavy atom. The van der Waals surface area contributed by atoms with Crippen LogP contribution in [0.3, 0.4) is 0 Å². The second kappa shape index (κ2) is 8.83. The molecule has 160 valence electrons. The molecular weight excluding hydrogens is 416 g/mol. The minimum absolute atomic E-state index is 0.0736. The summed E-state index contributed by atoms with van der Waals surface area (Å²) in [5, 5.41) is 16.3. The Kier molecular flexibility index (Phi) is 5.97. The molecule has 3 aromatic rings. The molecule has 31 heavy (non-hydrogen) atoms. The highest BCUT2D eigenvalue weighted by Crippen LogP contribution is 2.26. The summed E-state index contributed by atoms with van der Waals surface area (Å²) in [4.78, 5) is 30.0. The lowest BCUT2D eigenvalue weighted by molar-refractivity contribution is -0.385. The average molecular weight is 439 g/mol. The van der Waals surface area contributed by atoms with Crippen molar-refractivity contribution in [2.75, 3.05) is 19.0 Å². The number of carbonyl (C=O) groups is 1. The fourth-order valence-corrected chi connectivity index (χ4v) is 4.33. The molecule has 4 rings (SSSR count). The molecule has 0 unspecified atom stereocenters. The van der Waals surface area contributed by atoms with Gasteiger partial charge in [0.1, 0.15) is 5.75 Å². The van der Waals surface area contributed by atoms with Crippen LogP contribution in [-0.2, 0) is 19.5 Å². The molecule has 0 saturated heterocycles. The number of rotatable bonds is 6. The van der Waals surface area contributed by atoms with E-state index in [1.54, 1.807) is 26.2 Å². The summed E-state index contributed by atoms with van der Waals surface area (Å²) >= 11 is 1.35. The lowest BCUT2D eigenvalue weighted by Crippen LogP contribution is -2.30. The van der Waals surface area contributed by atoms with E-state index in [0.717, 1.165) is 31.0 Å². The van der Waals surface area contributed by atoms with Crippen LogP contribution < -0.4 is 10.1 Å². The largest absolute Gasteiger partial charge is 0.497 e. The van der Waals surface area contributed by atoms with Gasteiger partial charge in [-0.3, -0.25) is 25.1 Å². The van der Waals surface area contributed by atoms with Crippen LogP contribution in [0.25, 0.3) is 0 Å². The molecule has 0 bridgehead atoms. The van der Waals surface area contributed by atoms with Gasteiger partial charge in [-0.25, -0.2) is 4.98 Å². The molecular formula is C22H22N4O4S. The third kappa shape index (κ3) is 4.73. The van der Waals surface area contributed by atoms with Gasteiger partial charge in [-0.15, -0.1) is 11.3 Å². The van der Waals surface area contributed by atoms with Crippen LogP contribution in [0.1, 0.15) is 32.7 Å². The second-order valence-corrected chi connectivity index (χ2v) is 8.31. The lowest BCUT2D eigenvalue weighted by atomic mass is 9.99. The number of nitrogens with one attached hydrogen (secondary N) is 1. The molecule has 0 saturated carbocycles. The van der Waals surface area contributed by atoms with Crippen molar-refractivity contribution in [1.82, 2.24) is 9.88 Å². The van der Waals surface area contributed by atoms with Gasteiger partial charge in [-0.05, 0) is 42.7 Å². The Bertz CT molecular complexity index is 1140. The van der Waals surface area contributed by atoms with E-state index in [4.69, 9.17) is 4.74 Å². The highest BCUT2D eigenvalue weighted by molar-refractivity contribution is 7.14. The predicted octanol–water partition coefficient (Wildman–Crippen LogP) is 4.18. The van der Waals surface area contributed by atoms with E-state index in [9.17, 15) is 14.9 Å². The molecule has 2 heterocycles. The highest BCUT2D eigenvalue weighted by atomic mass is 32.1. The van der Waals surface area contributed by atoms with E-state index in [2.05, 4.69) is 27.3 Å². The maximum atomic E-state index is 12.5. The van der Waals surface area contributed by atoms with E-state index in [1.165, 1.54) is 28.5 Å². The molecule has 1 N–H and O–H groups in total. The molecule has 0 atom stereocenters. The number of nitro benzene ring substituents is 1. The van der Waals surface area contributed by atoms with Crippen LogP contribution in [0.2, 0.25) is 0 Å². The SMILES string of the molecule is COc1ccc2c(c1)CCN(Cc1csc(NC(=O)c3ccc(C)c([N+](=O)[O-])c3)n1)C2. The molecule has 8 nitrogen and oxygen atoms in total. The minimum Gasteiger partial charge on any atom is -0.497 e. The maximum Gasteiger partial charge on any atom is 0.273 e. The Labute approximate surface area is 183 Å². The van der Waals surface area contributed by atoms with E-state index >= 15 is 0 Å². The van der Waals surface area contributed by atoms with E-state index in [0.29, 0.717) is 17.2 Å². The van der Waals surface area contributed by atoms with Gasteiger partial charge in [0.25, 0.3) is 11.6 Å². The zero-order chi connectivity index (χ0) is 22.0. The third-order valence-electron chi connectivity index (χ3n) is 5.33. The molecule has 0 aliphatic carbocycles. The number of ether oxygens (including phenoxy) is 1. The Morgan fingerprint density at radius 2 is 2.13 bits per heavy atom. The number of carbonyl (C=O) groups excluding carboxylic acids is 1. The van der Waals surface area contributed by atoms with Crippen molar-refractivity contribution in [3.63, 3.8) is 0 Å². The predicted molar refractivity (Wildman–Crippen MR) is 119 cm³/mol. The Hall–Kier alpha value is -3.30. The summed E-state index contributed by atoms with van der Waals surface area (Å²) in [6.45, 7) is 4.09. The summed E-state index contributed by atoms with van der Waals surface area (Å²) in [6.07, 6.45) is 0.951. The van der Waals surface area contributed by atoms with Crippen LogP contribution in [0.4, 0.5) is 10.8 Å².